The van der Waals surface area contributed by atoms with Crippen LogP contribution in [0.25, 0.3) is 11.1 Å². The summed E-state index contributed by atoms with van der Waals surface area (Å²) in [6, 6.07) is 10.3. The van der Waals surface area contributed by atoms with Gasteiger partial charge in [0.05, 0.1) is 6.04 Å². The third-order valence-electron chi connectivity index (χ3n) is 5.01. The molecule has 6 nitrogen and oxygen atoms in total. The van der Waals surface area contributed by atoms with Crippen LogP contribution < -0.4 is 19.7 Å². The van der Waals surface area contributed by atoms with Crippen LogP contribution in [0.1, 0.15) is 6.42 Å². The van der Waals surface area contributed by atoms with Crippen molar-refractivity contribution in [2.45, 2.75) is 12.5 Å². The van der Waals surface area contributed by atoms with Gasteiger partial charge in [-0.25, -0.2) is 4.98 Å². The molecule has 5 rings (SSSR count). The maximum Gasteiger partial charge on any atom is 0.231 e. The number of pyridine rings is 1. The second kappa shape index (κ2) is 5.12. The van der Waals surface area contributed by atoms with E-state index >= 15 is 0 Å². The molecule has 0 bridgehead atoms. The molecule has 0 spiro atoms. The molecule has 4 heterocycles. The highest BCUT2D eigenvalue weighted by Crippen LogP contribution is 2.37. The summed E-state index contributed by atoms with van der Waals surface area (Å²) in [7, 11) is 0. The highest BCUT2D eigenvalue weighted by molar-refractivity contribution is 5.80. The fourth-order valence-electron chi connectivity index (χ4n) is 3.78. The van der Waals surface area contributed by atoms with Gasteiger partial charge in [-0.1, -0.05) is 6.07 Å². The molecule has 2 fully saturated rings. The van der Waals surface area contributed by atoms with E-state index in [2.05, 4.69) is 21.3 Å². The minimum absolute atomic E-state index is 0.173. The van der Waals surface area contributed by atoms with Gasteiger partial charge < -0.3 is 19.7 Å². The second-order valence-electron chi connectivity index (χ2n) is 6.51. The van der Waals surface area contributed by atoms with E-state index in [1.54, 1.807) is 0 Å². The number of rotatable bonds is 2. The summed E-state index contributed by atoms with van der Waals surface area (Å²) in [5.41, 5.74) is 2.18. The smallest absolute Gasteiger partial charge is 0.231 e. The van der Waals surface area contributed by atoms with Gasteiger partial charge in [-0.15, -0.1) is 0 Å². The van der Waals surface area contributed by atoms with Crippen molar-refractivity contribution >= 4 is 11.7 Å². The lowest BCUT2D eigenvalue weighted by atomic mass is 10.1. The van der Waals surface area contributed by atoms with Gasteiger partial charge in [0.2, 0.25) is 12.7 Å². The van der Waals surface area contributed by atoms with E-state index < -0.39 is 0 Å². The van der Waals surface area contributed by atoms with E-state index in [9.17, 15) is 4.79 Å². The summed E-state index contributed by atoms with van der Waals surface area (Å²) < 4.78 is 10.8. The first-order valence-electron chi connectivity index (χ1n) is 8.17. The van der Waals surface area contributed by atoms with Crippen LogP contribution in [0.4, 0.5) is 5.82 Å². The zero-order valence-electron chi connectivity index (χ0n) is 13.1. The van der Waals surface area contributed by atoms with Crippen molar-refractivity contribution in [2.24, 2.45) is 5.92 Å². The molecule has 0 radical (unpaired) electrons. The SMILES string of the molecule is O=C1C[C@H]2CN(c3cc(-c4ccc5c(c4)OCO5)ccn3)C[C@H]2N1. The molecule has 2 atom stereocenters. The average Bonchev–Trinajstić information content (AvgIpc) is 3.28. The number of nitrogens with one attached hydrogen (secondary N) is 1. The van der Waals surface area contributed by atoms with Crippen LogP contribution in [0.3, 0.4) is 0 Å². The Morgan fingerprint density at radius 2 is 1.96 bits per heavy atom. The van der Waals surface area contributed by atoms with E-state index in [0.29, 0.717) is 12.3 Å². The standard InChI is InChI=1S/C18H17N3O3/c22-18-7-13-8-21(9-14(13)20-18)17-6-12(3-4-19-17)11-1-2-15-16(5-11)24-10-23-15/h1-6,13-14H,7-10H2,(H,20,22)/t13-,14+/m0/s1. The van der Waals surface area contributed by atoms with E-state index in [0.717, 1.165) is 41.5 Å². The fourth-order valence-corrected chi connectivity index (χ4v) is 3.78. The van der Waals surface area contributed by atoms with Gasteiger partial charge >= 0.3 is 0 Å². The minimum atomic E-state index is 0.173. The lowest BCUT2D eigenvalue weighted by molar-refractivity contribution is -0.119. The summed E-state index contributed by atoms with van der Waals surface area (Å²) in [6.07, 6.45) is 2.46. The molecular formula is C18H17N3O3. The largest absolute Gasteiger partial charge is 0.454 e. The number of ether oxygens (including phenoxy) is 2. The van der Waals surface area contributed by atoms with Crippen molar-refractivity contribution < 1.29 is 14.3 Å². The van der Waals surface area contributed by atoms with Crippen LogP contribution >= 0.6 is 0 Å². The number of carbonyl (C=O) groups excluding carboxylic acids is 1. The monoisotopic (exact) mass is 323 g/mol. The fraction of sp³-hybridized carbons (Fsp3) is 0.333. The van der Waals surface area contributed by atoms with Gasteiger partial charge in [-0.05, 0) is 35.4 Å². The van der Waals surface area contributed by atoms with Gasteiger partial charge in [0.15, 0.2) is 11.5 Å². The van der Waals surface area contributed by atoms with Crippen LogP contribution in [-0.2, 0) is 4.79 Å². The van der Waals surface area contributed by atoms with E-state index in [4.69, 9.17) is 9.47 Å². The normalized spacial score (nSPS) is 24.2. The van der Waals surface area contributed by atoms with Crippen molar-refractivity contribution in [3.8, 4) is 22.6 Å². The highest BCUT2D eigenvalue weighted by Gasteiger charge is 2.40. The predicted octanol–water partition coefficient (Wildman–Crippen LogP) is 1.80. The maximum absolute atomic E-state index is 11.5. The quantitative estimate of drug-likeness (QED) is 0.913. The average molecular weight is 323 g/mol. The summed E-state index contributed by atoms with van der Waals surface area (Å²) in [4.78, 5) is 18.2. The second-order valence-corrected chi connectivity index (χ2v) is 6.51. The minimum Gasteiger partial charge on any atom is -0.454 e. The van der Waals surface area contributed by atoms with Crippen LogP contribution in [0, 0.1) is 5.92 Å². The van der Waals surface area contributed by atoms with Crippen LogP contribution in [-0.4, -0.2) is 36.8 Å². The van der Waals surface area contributed by atoms with E-state index in [1.807, 2.05) is 30.5 Å². The molecule has 3 aliphatic heterocycles. The zero-order chi connectivity index (χ0) is 16.1. The molecule has 122 valence electrons. The van der Waals surface area contributed by atoms with Gasteiger partial charge in [-0.2, -0.15) is 0 Å². The number of anilines is 1. The Morgan fingerprint density at radius 1 is 1.08 bits per heavy atom. The molecule has 2 aromatic rings. The molecular weight excluding hydrogens is 306 g/mol. The Labute approximate surface area is 139 Å². The Balaban J connectivity index is 1.42. The van der Waals surface area contributed by atoms with Crippen LogP contribution in [0.2, 0.25) is 0 Å². The highest BCUT2D eigenvalue weighted by atomic mass is 16.7. The Morgan fingerprint density at radius 3 is 2.88 bits per heavy atom. The van der Waals surface area contributed by atoms with Gasteiger partial charge in [0.25, 0.3) is 0 Å². The molecule has 1 amide bonds. The van der Waals surface area contributed by atoms with Crippen molar-refractivity contribution in [2.75, 3.05) is 24.8 Å². The number of carbonyl (C=O) groups is 1. The summed E-state index contributed by atoms with van der Waals surface area (Å²) in [6.45, 7) is 1.98. The Hall–Kier alpha value is -2.76. The number of aromatic nitrogens is 1. The third-order valence-corrected chi connectivity index (χ3v) is 5.01. The maximum atomic E-state index is 11.5. The van der Waals surface area contributed by atoms with Gasteiger partial charge in [0, 0.05) is 31.6 Å². The summed E-state index contributed by atoms with van der Waals surface area (Å²) in [5, 5.41) is 3.05. The lowest BCUT2D eigenvalue weighted by Gasteiger charge is -2.19. The molecule has 1 aromatic carbocycles. The molecule has 6 heteroatoms. The Kier molecular flexibility index (Phi) is 2.92. The van der Waals surface area contributed by atoms with Crippen molar-refractivity contribution in [3.05, 3.63) is 36.5 Å². The lowest BCUT2D eigenvalue weighted by Crippen LogP contribution is -2.32. The number of nitrogens with zero attached hydrogens (tertiary/aromatic N) is 2. The molecule has 0 unspecified atom stereocenters. The first-order chi connectivity index (χ1) is 11.8. The first-order valence-corrected chi connectivity index (χ1v) is 8.17. The summed E-state index contributed by atoms with van der Waals surface area (Å²) in [5.74, 6) is 3.09. The molecule has 24 heavy (non-hydrogen) atoms. The number of hydrogen-bond donors (Lipinski definition) is 1. The first kappa shape index (κ1) is 13.7. The molecule has 0 saturated carbocycles. The van der Waals surface area contributed by atoms with Crippen molar-refractivity contribution in [1.82, 2.24) is 10.3 Å². The molecule has 2 saturated heterocycles. The molecule has 3 aliphatic rings. The molecule has 1 N–H and O–H groups in total. The summed E-state index contributed by atoms with van der Waals surface area (Å²) >= 11 is 0. The van der Waals surface area contributed by atoms with Crippen molar-refractivity contribution in [1.29, 1.82) is 0 Å². The topological polar surface area (TPSA) is 63.7 Å². The molecule has 1 aromatic heterocycles. The number of fused-ring (bicyclic) bond motifs is 2. The van der Waals surface area contributed by atoms with Crippen molar-refractivity contribution in [3.63, 3.8) is 0 Å². The number of benzene rings is 1. The Bertz CT molecular complexity index is 807. The predicted molar refractivity (Wildman–Crippen MR) is 88.0 cm³/mol. The van der Waals surface area contributed by atoms with Gasteiger partial charge in [-0.3, -0.25) is 4.79 Å². The molecule has 0 aliphatic carbocycles. The van der Waals surface area contributed by atoms with Gasteiger partial charge in [0.1, 0.15) is 5.82 Å². The van der Waals surface area contributed by atoms with E-state index in [-0.39, 0.29) is 18.7 Å². The number of amides is 1. The van der Waals surface area contributed by atoms with Crippen LogP contribution in [0.15, 0.2) is 36.5 Å². The number of hydrogen-bond acceptors (Lipinski definition) is 5. The third kappa shape index (κ3) is 2.18. The zero-order valence-corrected chi connectivity index (χ0v) is 13.1. The van der Waals surface area contributed by atoms with Crippen LogP contribution in [0.5, 0.6) is 11.5 Å². The van der Waals surface area contributed by atoms with E-state index in [1.165, 1.54) is 0 Å².